The van der Waals surface area contributed by atoms with E-state index >= 15 is 0 Å². The molecule has 2 fully saturated rings. The molecular weight excluding hydrogens is 336 g/mol. The Bertz CT molecular complexity index is 342. The van der Waals surface area contributed by atoms with Gasteiger partial charge in [0.25, 0.3) is 0 Å². The Morgan fingerprint density at radius 1 is 0.920 bits per heavy atom. The molecule has 2 aliphatic rings. The van der Waals surface area contributed by atoms with Crippen molar-refractivity contribution < 1.29 is 23.4 Å². The van der Waals surface area contributed by atoms with E-state index in [0.29, 0.717) is 50.8 Å². The Morgan fingerprint density at radius 3 is 2.24 bits per heavy atom. The molecule has 0 amide bonds. The number of epoxide rings is 1. The summed E-state index contributed by atoms with van der Waals surface area (Å²) < 4.78 is 28.1. The Morgan fingerprint density at radius 2 is 1.60 bits per heavy atom. The summed E-state index contributed by atoms with van der Waals surface area (Å²) >= 11 is 0. The minimum atomic E-state index is -1.13. The van der Waals surface area contributed by atoms with Gasteiger partial charge in [-0.15, -0.1) is 0 Å². The van der Waals surface area contributed by atoms with Gasteiger partial charge in [0.15, 0.2) is 9.04 Å². The molecule has 6 heteroatoms. The van der Waals surface area contributed by atoms with Crippen LogP contribution in [0.5, 0.6) is 0 Å². The Hall–Kier alpha value is 0.0169. The zero-order valence-corrected chi connectivity index (χ0v) is 17.6. The third-order valence-electron chi connectivity index (χ3n) is 5.22. The second kappa shape index (κ2) is 12.4. The predicted molar refractivity (Wildman–Crippen MR) is 102 cm³/mol. The lowest BCUT2D eigenvalue weighted by Crippen LogP contribution is -2.26. The molecule has 4 unspecified atom stereocenters. The van der Waals surface area contributed by atoms with E-state index in [0.717, 1.165) is 19.1 Å². The van der Waals surface area contributed by atoms with Crippen molar-refractivity contribution in [2.45, 2.75) is 70.2 Å². The lowest BCUT2D eigenvalue weighted by Gasteiger charge is -2.24. The normalized spacial score (nSPS) is 26.6. The molecule has 0 bridgehead atoms. The first-order valence-electron chi connectivity index (χ1n) is 10.2. The molecule has 0 aromatic heterocycles. The van der Waals surface area contributed by atoms with Gasteiger partial charge in [0.1, 0.15) is 0 Å². The molecule has 25 heavy (non-hydrogen) atoms. The molecule has 148 valence electrons. The average molecular weight is 375 g/mol. The first-order chi connectivity index (χ1) is 12.2. The van der Waals surface area contributed by atoms with Crippen LogP contribution in [0.15, 0.2) is 0 Å². The van der Waals surface area contributed by atoms with Gasteiger partial charge in [-0.25, -0.2) is 0 Å². The number of ether oxygens (including phenoxy) is 4. The Balaban J connectivity index is 1.44. The van der Waals surface area contributed by atoms with E-state index < -0.39 is 9.04 Å². The second-order valence-corrected chi connectivity index (χ2v) is 10.9. The van der Waals surface area contributed by atoms with Gasteiger partial charge >= 0.3 is 0 Å². The monoisotopic (exact) mass is 374 g/mol. The molecular formula is C19H38O5Si. The van der Waals surface area contributed by atoms with E-state index in [1.165, 1.54) is 31.7 Å². The number of hydrogen-bond acceptors (Lipinski definition) is 5. The molecule has 1 saturated carbocycles. The maximum Gasteiger partial charge on any atom is 0.179 e. The zero-order chi connectivity index (χ0) is 17.9. The third-order valence-corrected chi connectivity index (χ3v) is 8.28. The molecule has 1 aliphatic heterocycles. The predicted octanol–water partition coefficient (Wildman–Crippen LogP) is 3.16. The van der Waals surface area contributed by atoms with Crippen molar-refractivity contribution >= 4 is 9.04 Å². The van der Waals surface area contributed by atoms with Crippen molar-refractivity contribution in [3.8, 4) is 0 Å². The van der Waals surface area contributed by atoms with Crippen molar-refractivity contribution in [1.82, 2.24) is 0 Å². The number of hydrogen-bond donors (Lipinski definition) is 0. The zero-order valence-electron chi connectivity index (χ0n) is 16.4. The van der Waals surface area contributed by atoms with Gasteiger partial charge in [-0.2, -0.15) is 0 Å². The van der Waals surface area contributed by atoms with Gasteiger partial charge < -0.3 is 23.4 Å². The Kier molecular flexibility index (Phi) is 10.6. The molecule has 0 spiro atoms. The largest absolute Gasteiger partial charge is 0.417 e. The van der Waals surface area contributed by atoms with Gasteiger partial charge in [0.05, 0.1) is 51.8 Å². The van der Waals surface area contributed by atoms with E-state index in [1.54, 1.807) is 0 Å². The summed E-state index contributed by atoms with van der Waals surface area (Å²) in [6, 6.07) is 1.29. The van der Waals surface area contributed by atoms with Crippen molar-refractivity contribution in [3.63, 3.8) is 0 Å². The minimum absolute atomic E-state index is 0.600. The highest BCUT2D eigenvalue weighted by atomic mass is 28.3. The standard InChI is InChI=1S/C19H38O5Si/c1-4-20-8-9-21-10-11-22-12-13-23-25(16(2)3)14-7-17-5-6-18-19(15-17)24-18/h16-19,25H,4-15H2,1-3H3. The van der Waals surface area contributed by atoms with Crippen LogP contribution in [0.25, 0.3) is 0 Å². The van der Waals surface area contributed by atoms with Gasteiger partial charge in [-0.3, -0.25) is 0 Å². The molecule has 5 nitrogen and oxygen atoms in total. The van der Waals surface area contributed by atoms with Gasteiger partial charge in [-0.1, -0.05) is 20.3 Å². The molecule has 0 N–H and O–H groups in total. The van der Waals surface area contributed by atoms with E-state index in [9.17, 15) is 0 Å². The SMILES string of the molecule is CCOCCOCCOCCO[SiH](CCC1CCC2OC2C1)C(C)C. The summed E-state index contributed by atoms with van der Waals surface area (Å²) in [4.78, 5) is 0. The summed E-state index contributed by atoms with van der Waals surface area (Å²) in [6.45, 7) is 11.3. The van der Waals surface area contributed by atoms with Crippen molar-refractivity contribution in [1.29, 1.82) is 0 Å². The quantitative estimate of drug-likeness (QED) is 0.250. The summed E-state index contributed by atoms with van der Waals surface area (Å²) in [6.07, 6.45) is 6.47. The fourth-order valence-electron chi connectivity index (χ4n) is 3.60. The fourth-order valence-corrected chi connectivity index (χ4v) is 6.02. The highest BCUT2D eigenvalue weighted by molar-refractivity contribution is 6.53. The van der Waals surface area contributed by atoms with Crippen LogP contribution in [0.2, 0.25) is 11.6 Å². The molecule has 1 saturated heterocycles. The van der Waals surface area contributed by atoms with Crippen LogP contribution in [-0.4, -0.2) is 67.5 Å². The summed E-state index contributed by atoms with van der Waals surface area (Å²) in [5.41, 5.74) is 0.690. The van der Waals surface area contributed by atoms with Crippen LogP contribution in [0.1, 0.15) is 46.5 Å². The van der Waals surface area contributed by atoms with Crippen molar-refractivity contribution in [2.75, 3.05) is 46.2 Å². The lowest BCUT2D eigenvalue weighted by molar-refractivity contribution is 0.0110. The molecule has 1 aliphatic carbocycles. The molecule has 2 rings (SSSR count). The van der Waals surface area contributed by atoms with E-state index in [-0.39, 0.29) is 0 Å². The molecule has 0 aromatic rings. The Labute approximate surface area is 155 Å². The fraction of sp³-hybridized carbons (Fsp3) is 1.00. The smallest absolute Gasteiger partial charge is 0.179 e. The van der Waals surface area contributed by atoms with E-state index in [4.69, 9.17) is 23.4 Å². The van der Waals surface area contributed by atoms with Crippen molar-refractivity contribution in [3.05, 3.63) is 0 Å². The maximum atomic E-state index is 6.21. The topological polar surface area (TPSA) is 49.5 Å². The van der Waals surface area contributed by atoms with Gasteiger partial charge in [-0.05, 0) is 43.7 Å². The minimum Gasteiger partial charge on any atom is -0.417 e. The van der Waals surface area contributed by atoms with Gasteiger partial charge in [0.2, 0.25) is 0 Å². The highest BCUT2D eigenvalue weighted by Crippen LogP contribution is 2.41. The first-order valence-corrected chi connectivity index (χ1v) is 12.2. The van der Waals surface area contributed by atoms with Crippen molar-refractivity contribution in [2.24, 2.45) is 5.92 Å². The van der Waals surface area contributed by atoms with Crippen LogP contribution >= 0.6 is 0 Å². The molecule has 1 heterocycles. The first kappa shape index (κ1) is 21.3. The van der Waals surface area contributed by atoms with Crippen LogP contribution < -0.4 is 0 Å². The average Bonchev–Trinajstić information content (AvgIpc) is 3.37. The molecule has 4 atom stereocenters. The van der Waals surface area contributed by atoms with E-state index in [2.05, 4.69) is 13.8 Å². The third kappa shape index (κ3) is 8.97. The molecule has 0 radical (unpaired) electrons. The second-order valence-electron chi connectivity index (χ2n) is 7.54. The summed E-state index contributed by atoms with van der Waals surface area (Å²) in [5.74, 6) is 0.867. The summed E-state index contributed by atoms with van der Waals surface area (Å²) in [5, 5.41) is 0. The maximum absolute atomic E-state index is 6.21. The number of fused-ring (bicyclic) bond motifs is 1. The lowest BCUT2D eigenvalue weighted by atomic mass is 9.88. The van der Waals surface area contributed by atoms with E-state index in [1.807, 2.05) is 6.92 Å². The van der Waals surface area contributed by atoms with Crippen LogP contribution in [0.4, 0.5) is 0 Å². The molecule has 0 aromatic carbocycles. The highest BCUT2D eigenvalue weighted by Gasteiger charge is 2.43. The van der Waals surface area contributed by atoms with Crippen LogP contribution in [0, 0.1) is 5.92 Å². The van der Waals surface area contributed by atoms with Crippen LogP contribution in [-0.2, 0) is 23.4 Å². The van der Waals surface area contributed by atoms with Gasteiger partial charge in [0, 0.05) is 6.61 Å². The number of rotatable bonds is 15. The van der Waals surface area contributed by atoms with Crippen LogP contribution in [0.3, 0.4) is 0 Å². The summed E-state index contributed by atoms with van der Waals surface area (Å²) in [7, 11) is -1.13.